The van der Waals surface area contributed by atoms with Crippen LogP contribution in [-0.4, -0.2) is 44.6 Å². The zero-order chi connectivity index (χ0) is 24.2. The molecular formula is C25H34N4O4. The number of ether oxygens (including phenoxy) is 2. The van der Waals surface area contributed by atoms with Gasteiger partial charge in [0.15, 0.2) is 17.5 Å². The second kappa shape index (κ2) is 13.1. The van der Waals surface area contributed by atoms with Crippen molar-refractivity contribution in [2.45, 2.75) is 39.2 Å². The quantitative estimate of drug-likeness (QED) is 0.356. The van der Waals surface area contributed by atoms with Gasteiger partial charge < -0.3 is 20.5 Å². The molecule has 0 heterocycles. The number of amides is 2. The molecule has 178 valence electrons. The van der Waals surface area contributed by atoms with E-state index in [1.165, 1.54) is 7.11 Å². The summed E-state index contributed by atoms with van der Waals surface area (Å²) in [4.78, 5) is 29.6. The van der Waals surface area contributed by atoms with Crippen molar-refractivity contribution in [1.82, 2.24) is 10.6 Å². The molecule has 4 N–H and O–H groups in total. The lowest BCUT2D eigenvalue weighted by atomic mass is 10.1. The Hall–Kier alpha value is -3.55. The second-order valence-electron chi connectivity index (χ2n) is 7.89. The van der Waals surface area contributed by atoms with Crippen molar-refractivity contribution in [1.29, 1.82) is 0 Å². The largest absolute Gasteiger partial charge is 0.493 e. The lowest BCUT2D eigenvalue weighted by molar-refractivity contribution is -0.122. The standard InChI is InChI=1S/C25H34N4O4/c1-5-17(2)16-27-24(31)20(13-18-9-7-6-8-10-18)28-25(26)29-23(30)15-19-11-12-21(32-3)22(14-19)33-4/h6-12,14,17,20H,5,13,15-16H2,1-4H3,(H,27,31)(H3,26,28,29,30)/t17?,20-/m1/s1. The first-order valence-electron chi connectivity index (χ1n) is 11.0. The molecule has 0 saturated heterocycles. The van der Waals surface area contributed by atoms with Crippen LogP contribution >= 0.6 is 0 Å². The number of carbonyl (C=O) groups excluding carboxylic acids is 2. The fourth-order valence-corrected chi connectivity index (χ4v) is 3.13. The van der Waals surface area contributed by atoms with E-state index in [4.69, 9.17) is 15.2 Å². The molecule has 1 unspecified atom stereocenters. The number of nitrogens with one attached hydrogen (secondary N) is 2. The van der Waals surface area contributed by atoms with Crippen molar-refractivity contribution < 1.29 is 19.1 Å². The Balaban J connectivity index is 2.08. The van der Waals surface area contributed by atoms with Gasteiger partial charge in [0, 0.05) is 13.0 Å². The van der Waals surface area contributed by atoms with Gasteiger partial charge in [-0.15, -0.1) is 0 Å². The normalized spacial score (nSPS) is 13.0. The van der Waals surface area contributed by atoms with Crippen LogP contribution in [-0.2, 0) is 22.4 Å². The summed E-state index contributed by atoms with van der Waals surface area (Å²) in [6, 6.07) is 14.1. The van der Waals surface area contributed by atoms with Crippen LogP contribution in [0.15, 0.2) is 53.5 Å². The number of rotatable bonds is 11. The maximum atomic E-state index is 12.8. The molecule has 2 aromatic rings. The molecule has 0 aliphatic carbocycles. The summed E-state index contributed by atoms with van der Waals surface area (Å²) in [5.41, 5.74) is 7.68. The lowest BCUT2D eigenvalue weighted by Crippen LogP contribution is -2.42. The number of hydrogen-bond acceptors (Lipinski definition) is 5. The third-order valence-corrected chi connectivity index (χ3v) is 5.27. The predicted molar refractivity (Wildman–Crippen MR) is 129 cm³/mol. The highest BCUT2D eigenvalue weighted by molar-refractivity contribution is 5.98. The SMILES string of the molecule is CCC(C)CNC(=O)[C@@H](Cc1ccccc1)N=C(N)NC(=O)Cc1ccc(OC)c(OC)c1. The fraction of sp³-hybridized carbons (Fsp3) is 0.400. The molecule has 2 rings (SSSR count). The van der Waals surface area contributed by atoms with Crippen LogP contribution < -0.4 is 25.8 Å². The van der Waals surface area contributed by atoms with Gasteiger partial charge in [0.2, 0.25) is 11.8 Å². The Bertz CT molecular complexity index is 947. The van der Waals surface area contributed by atoms with Crippen molar-refractivity contribution in [3.8, 4) is 11.5 Å². The number of nitrogens with zero attached hydrogens (tertiary/aromatic N) is 1. The van der Waals surface area contributed by atoms with Gasteiger partial charge in [0.1, 0.15) is 6.04 Å². The van der Waals surface area contributed by atoms with E-state index in [9.17, 15) is 9.59 Å². The lowest BCUT2D eigenvalue weighted by Gasteiger charge is -2.16. The molecule has 0 aliphatic heterocycles. The van der Waals surface area contributed by atoms with Crippen molar-refractivity contribution in [3.05, 3.63) is 59.7 Å². The van der Waals surface area contributed by atoms with E-state index < -0.39 is 6.04 Å². The fourth-order valence-electron chi connectivity index (χ4n) is 3.13. The number of benzene rings is 2. The van der Waals surface area contributed by atoms with Crippen molar-refractivity contribution in [2.24, 2.45) is 16.6 Å². The molecule has 2 atom stereocenters. The highest BCUT2D eigenvalue weighted by atomic mass is 16.5. The van der Waals surface area contributed by atoms with Crippen molar-refractivity contribution in [2.75, 3.05) is 20.8 Å². The highest BCUT2D eigenvalue weighted by Gasteiger charge is 2.20. The number of aliphatic imine (C=N–C) groups is 1. The molecule has 0 bridgehead atoms. The van der Waals surface area contributed by atoms with Gasteiger partial charge in [-0.2, -0.15) is 0 Å². The summed E-state index contributed by atoms with van der Waals surface area (Å²) < 4.78 is 10.5. The molecule has 0 fully saturated rings. The molecule has 8 nitrogen and oxygen atoms in total. The molecule has 2 aromatic carbocycles. The molecule has 2 amide bonds. The van der Waals surface area contributed by atoms with Gasteiger partial charge in [-0.3, -0.25) is 14.9 Å². The van der Waals surface area contributed by atoms with E-state index >= 15 is 0 Å². The van der Waals surface area contributed by atoms with E-state index in [0.29, 0.717) is 30.4 Å². The van der Waals surface area contributed by atoms with Crippen molar-refractivity contribution >= 4 is 17.8 Å². The van der Waals surface area contributed by atoms with E-state index in [2.05, 4.69) is 29.5 Å². The maximum absolute atomic E-state index is 12.8. The monoisotopic (exact) mass is 454 g/mol. The Kier molecular flexibility index (Phi) is 10.2. The molecule has 0 spiro atoms. The minimum absolute atomic E-state index is 0.0696. The summed E-state index contributed by atoms with van der Waals surface area (Å²) >= 11 is 0. The van der Waals surface area contributed by atoms with E-state index in [1.807, 2.05) is 30.3 Å². The van der Waals surface area contributed by atoms with E-state index in [-0.39, 0.29) is 24.2 Å². The molecule has 8 heteroatoms. The number of guanidine groups is 1. The molecule has 33 heavy (non-hydrogen) atoms. The Morgan fingerprint density at radius 1 is 1.03 bits per heavy atom. The van der Waals surface area contributed by atoms with E-state index in [0.717, 1.165) is 17.5 Å². The topological polar surface area (TPSA) is 115 Å². The summed E-state index contributed by atoms with van der Waals surface area (Å²) in [6.07, 6.45) is 1.40. The zero-order valence-corrected chi connectivity index (χ0v) is 19.8. The van der Waals surface area contributed by atoms with E-state index in [1.54, 1.807) is 25.3 Å². The van der Waals surface area contributed by atoms with Gasteiger partial charge in [-0.25, -0.2) is 4.99 Å². The first-order valence-corrected chi connectivity index (χ1v) is 11.0. The van der Waals surface area contributed by atoms with Gasteiger partial charge >= 0.3 is 0 Å². The zero-order valence-electron chi connectivity index (χ0n) is 19.8. The first kappa shape index (κ1) is 25.7. The molecule has 0 aliphatic rings. The van der Waals surface area contributed by atoms with Crippen LogP contribution in [0.2, 0.25) is 0 Å². The molecular weight excluding hydrogens is 420 g/mol. The number of nitrogens with two attached hydrogens (primary N) is 1. The predicted octanol–water partition coefficient (Wildman–Crippen LogP) is 2.45. The van der Waals surface area contributed by atoms with Gasteiger partial charge in [0.05, 0.1) is 20.6 Å². The van der Waals surface area contributed by atoms with Crippen LogP contribution in [0.1, 0.15) is 31.4 Å². The number of carbonyl (C=O) groups is 2. The highest BCUT2D eigenvalue weighted by Crippen LogP contribution is 2.27. The average molecular weight is 455 g/mol. The molecule has 0 radical (unpaired) electrons. The summed E-state index contributed by atoms with van der Waals surface area (Å²) in [7, 11) is 3.08. The van der Waals surface area contributed by atoms with Crippen LogP contribution in [0.3, 0.4) is 0 Å². The molecule has 0 saturated carbocycles. The first-order chi connectivity index (χ1) is 15.9. The van der Waals surface area contributed by atoms with Gasteiger partial charge in [-0.1, -0.05) is 56.7 Å². The second-order valence-corrected chi connectivity index (χ2v) is 7.89. The van der Waals surface area contributed by atoms with Gasteiger partial charge in [0.25, 0.3) is 0 Å². The number of methoxy groups -OCH3 is 2. The smallest absolute Gasteiger partial charge is 0.245 e. The Morgan fingerprint density at radius 3 is 2.36 bits per heavy atom. The minimum Gasteiger partial charge on any atom is -0.493 e. The summed E-state index contributed by atoms with van der Waals surface area (Å²) in [5.74, 6) is 0.798. The number of hydrogen-bond donors (Lipinski definition) is 3. The van der Waals surface area contributed by atoms with Crippen LogP contribution in [0, 0.1) is 5.92 Å². The average Bonchev–Trinajstić information content (AvgIpc) is 2.82. The third-order valence-electron chi connectivity index (χ3n) is 5.27. The maximum Gasteiger partial charge on any atom is 0.245 e. The van der Waals surface area contributed by atoms with Crippen LogP contribution in [0.4, 0.5) is 0 Å². The summed E-state index contributed by atoms with van der Waals surface area (Å²) in [6.45, 7) is 4.70. The Labute approximate surface area is 195 Å². The molecule has 0 aromatic heterocycles. The minimum atomic E-state index is -0.752. The van der Waals surface area contributed by atoms with Crippen LogP contribution in [0.25, 0.3) is 0 Å². The Morgan fingerprint density at radius 2 is 1.73 bits per heavy atom. The van der Waals surface area contributed by atoms with Crippen molar-refractivity contribution in [3.63, 3.8) is 0 Å². The van der Waals surface area contributed by atoms with Gasteiger partial charge in [-0.05, 0) is 29.2 Å². The summed E-state index contributed by atoms with van der Waals surface area (Å²) in [5, 5.41) is 5.51. The third kappa shape index (κ3) is 8.48. The van der Waals surface area contributed by atoms with Crippen LogP contribution in [0.5, 0.6) is 11.5 Å².